The molecule has 1 aromatic heterocycles. The Morgan fingerprint density at radius 1 is 0.914 bits per heavy atom. The lowest BCUT2D eigenvalue weighted by atomic mass is 10.1. The van der Waals surface area contributed by atoms with E-state index in [1.54, 1.807) is 38.3 Å². The molecule has 0 bridgehead atoms. The van der Waals surface area contributed by atoms with Gasteiger partial charge in [0.2, 0.25) is 5.89 Å². The molecule has 178 valence electrons. The zero-order chi connectivity index (χ0) is 24.6. The molecule has 7 nitrogen and oxygen atoms in total. The van der Waals surface area contributed by atoms with Crippen LogP contribution in [-0.4, -0.2) is 36.6 Å². The number of methoxy groups -OCH3 is 1. The van der Waals surface area contributed by atoms with Gasteiger partial charge in [-0.2, -0.15) is 0 Å². The maximum Gasteiger partial charge on any atom is 0.328 e. The SMILES string of the molecule is CCOC(=O)[C@H](Cc1ccccc1)NC(=O)c1nc(-c2ccccc2)oc1-c1ccc(OC)cc1. The van der Waals surface area contributed by atoms with E-state index in [-0.39, 0.29) is 18.7 Å². The molecule has 0 fully saturated rings. The molecule has 1 N–H and O–H groups in total. The van der Waals surface area contributed by atoms with Gasteiger partial charge >= 0.3 is 5.97 Å². The summed E-state index contributed by atoms with van der Waals surface area (Å²) >= 11 is 0. The molecule has 1 heterocycles. The monoisotopic (exact) mass is 470 g/mol. The van der Waals surface area contributed by atoms with E-state index in [4.69, 9.17) is 13.9 Å². The van der Waals surface area contributed by atoms with E-state index in [2.05, 4.69) is 10.3 Å². The van der Waals surface area contributed by atoms with Gasteiger partial charge in [0.15, 0.2) is 11.5 Å². The van der Waals surface area contributed by atoms with E-state index in [9.17, 15) is 9.59 Å². The first-order chi connectivity index (χ1) is 17.1. The Labute approximate surface area is 203 Å². The molecule has 0 aliphatic heterocycles. The summed E-state index contributed by atoms with van der Waals surface area (Å²) in [6, 6.07) is 25.0. The van der Waals surface area contributed by atoms with Crippen molar-refractivity contribution in [2.24, 2.45) is 0 Å². The molecule has 0 radical (unpaired) electrons. The second-order valence-electron chi connectivity index (χ2n) is 7.76. The van der Waals surface area contributed by atoms with Gasteiger partial charge in [0, 0.05) is 17.5 Å². The number of nitrogens with zero attached hydrogens (tertiary/aromatic N) is 1. The van der Waals surface area contributed by atoms with Crippen LogP contribution in [0, 0.1) is 0 Å². The first kappa shape index (κ1) is 23.8. The van der Waals surface area contributed by atoms with Crippen molar-refractivity contribution in [2.45, 2.75) is 19.4 Å². The number of ether oxygens (including phenoxy) is 2. The van der Waals surface area contributed by atoms with Crippen LogP contribution < -0.4 is 10.1 Å². The number of rotatable bonds is 9. The van der Waals surface area contributed by atoms with Gasteiger partial charge in [-0.3, -0.25) is 4.79 Å². The molecule has 7 heteroatoms. The highest BCUT2D eigenvalue weighted by atomic mass is 16.5. The molecule has 0 unspecified atom stereocenters. The predicted octanol–water partition coefficient (Wildman–Crippen LogP) is 4.92. The van der Waals surface area contributed by atoms with Crippen molar-refractivity contribution >= 4 is 11.9 Å². The normalized spacial score (nSPS) is 11.5. The highest BCUT2D eigenvalue weighted by Crippen LogP contribution is 2.31. The predicted molar refractivity (Wildman–Crippen MR) is 132 cm³/mol. The van der Waals surface area contributed by atoms with Crippen LogP contribution in [0.4, 0.5) is 0 Å². The third-order valence-electron chi connectivity index (χ3n) is 5.37. The highest BCUT2D eigenvalue weighted by Gasteiger charge is 2.28. The second-order valence-corrected chi connectivity index (χ2v) is 7.76. The molecule has 0 aliphatic rings. The first-order valence-corrected chi connectivity index (χ1v) is 11.3. The molecule has 4 rings (SSSR count). The number of oxazole rings is 1. The van der Waals surface area contributed by atoms with Gasteiger partial charge in [0.05, 0.1) is 13.7 Å². The highest BCUT2D eigenvalue weighted by molar-refractivity contribution is 6.00. The first-order valence-electron chi connectivity index (χ1n) is 11.3. The Morgan fingerprint density at radius 3 is 2.20 bits per heavy atom. The molecule has 1 amide bonds. The Balaban J connectivity index is 1.69. The Kier molecular flexibility index (Phi) is 7.57. The molecule has 1 atom stereocenters. The Bertz CT molecular complexity index is 1270. The number of carbonyl (C=O) groups excluding carboxylic acids is 2. The van der Waals surface area contributed by atoms with E-state index in [1.165, 1.54) is 0 Å². The third kappa shape index (κ3) is 5.76. The van der Waals surface area contributed by atoms with Crippen LogP contribution in [0.15, 0.2) is 89.3 Å². The average Bonchev–Trinajstić information content (AvgIpc) is 3.35. The molecule has 0 saturated heterocycles. The maximum atomic E-state index is 13.4. The van der Waals surface area contributed by atoms with Gasteiger partial charge in [-0.05, 0) is 48.9 Å². The largest absolute Gasteiger partial charge is 0.497 e. The number of benzene rings is 3. The van der Waals surface area contributed by atoms with Crippen molar-refractivity contribution in [3.63, 3.8) is 0 Å². The third-order valence-corrected chi connectivity index (χ3v) is 5.37. The fourth-order valence-corrected chi connectivity index (χ4v) is 3.63. The van der Waals surface area contributed by atoms with Crippen molar-refractivity contribution in [1.82, 2.24) is 10.3 Å². The fourth-order valence-electron chi connectivity index (χ4n) is 3.63. The van der Waals surface area contributed by atoms with Crippen molar-refractivity contribution in [1.29, 1.82) is 0 Å². The van der Waals surface area contributed by atoms with E-state index < -0.39 is 17.9 Å². The topological polar surface area (TPSA) is 90.7 Å². The maximum absolute atomic E-state index is 13.4. The summed E-state index contributed by atoms with van der Waals surface area (Å²) in [5.74, 6) is 0.231. The lowest BCUT2D eigenvalue weighted by molar-refractivity contribution is -0.145. The average molecular weight is 471 g/mol. The van der Waals surface area contributed by atoms with Crippen molar-refractivity contribution in [2.75, 3.05) is 13.7 Å². The van der Waals surface area contributed by atoms with Crippen LogP contribution >= 0.6 is 0 Å². The van der Waals surface area contributed by atoms with Crippen molar-refractivity contribution in [3.05, 3.63) is 96.2 Å². The van der Waals surface area contributed by atoms with Gasteiger partial charge in [-0.15, -0.1) is 0 Å². The molecule has 3 aromatic carbocycles. The zero-order valence-electron chi connectivity index (χ0n) is 19.6. The van der Waals surface area contributed by atoms with Gasteiger partial charge in [-0.25, -0.2) is 9.78 Å². The molecule has 4 aromatic rings. The smallest absolute Gasteiger partial charge is 0.328 e. The molecular weight excluding hydrogens is 444 g/mol. The van der Waals surface area contributed by atoms with Gasteiger partial charge < -0.3 is 19.2 Å². The zero-order valence-corrected chi connectivity index (χ0v) is 19.6. The summed E-state index contributed by atoms with van der Waals surface area (Å²) in [6.07, 6.45) is 0.284. The van der Waals surface area contributed by atoms with E-state index in [1.807, 2.05) is 60.7 Å². The lowest BCUT2D eigenvalue weighted by Crippen LogP contribution is -2.43. The van der Waals surface area contributed by atoms with Crippen molar-refractivity contribution < 1.29 is 23.5 Å². The van der Waals surface area contributed by atoms with Gasteiger partial charge in [0.25, 0.3) is 5.91 Å². The number of amides is 1. The van der Waals surface area contributed by atoms with E-state index in [0.29, 0.717) is 23.0 Å². The van der Waals surface area contributed by atoms with Crippen LogP contribution in [0.2, 0.25) is 0 Å². The van der Waals surface area contributed by atoms with Crippen LogP contribution in [0.5, 0.6) is 5.75 Å². The van der Waals surface area contributed by atoms with Gasteiger partial charge in [-0.1, -0.05) is 48.5 Å². The minimum absolute atomic E-state index is 0.0800. The second kappa shape index (κ2) is 11.2. The summed E-state index contributed by atoms with van der Waals surface area (Å²) in [4.78, 5) is 30.6. The number of hydrogen-bond donors (Lipinski definition) is 1. The number of carbonyl (C=O) groups is 2. The van der Waals surface area contributed by atoms with Crippen LogP contribution in [0.1, 0.15) is 23.0 Å². The summed E-state index contributed by atoms with van der Waals surface area (Å²) < 4.78 is 16.5. The van der Waals surface area contributed by atoms with E-state index >= 15 is 0 Å². The number of hydrogen-bond acceptors (Lipinski definition) is 6. The molecule has 0 spiro atoms. The summed E-state index contributed by atoms with van der Waals surface area (Å²) in [5, 5.41) is 2.80. The summed E-state index contributed by atoms with van der Waals surface area (Å²) in [7, 11) is 1.58. The van der Waals surface area contributed by atoms with Crippen LogP contribution in [-0.2, 0) is 16.0 Å². The Morgan fingerprint density at radius 2 is 1.57 bits per heavy atom. The number of aromatic nitrogens is 1. The van der Waals surface area contributed by atoms with Crippen molar-refractivity contribution in [3.8, 4) is 28.5 Å². The lowest BCUT2D eigenvalue weighted by Gasteiger charge is -2.17. The summed E-state index contributed by atoms with van der Waals surface area (Å²) in [6.45, 7) is 1.93. The quantitative estimate of drug-likeness (QED) is 0.349. The molecule has 0 aliphatic carbocycles. The standard InChI is InChI=1S/C28H26N2O5/c1-3-34-28(32)23(18-19-10-6-4-7-11-19)29-26(31)24-25(20-14-16-22(33-2)17-15-20)35-27(30-24)21-12-8-5-9-13-21/h4-17,23H,3,18H2,1-2H3,(H,29,31)/t23-/m0/s1. The van der Waals surface area contributed by atoms with Gasteiger partial charge in [0.1, 0.15) is 11.8 Å². The number of esters is 1. The van der Waals surface area contributed by atoms with Crippen LogP contribution in [0.25, 0.3) is 22.8 Å². The van der Waals surface area contributed by atoms with E-state index in [0.717, 1.165) is 11.1 Å². The minimum Gasteiger partial charge on any atom is -0.497 e. The molecule has 35 heavy (non-hydrogen) atoms. The number of nitrogens with one attached hydrogen (secondary N) is 1. The molecular formula is C28H26N2O5. The summed E-state index contributed by atoms with van der Waals surface area (Å²) in [5.41, 5.74) is 2.36. The fraction of sp³-hybridized carbons (Fsp3) is 0.179. The Hall–Kier alpha value is -4.39. The van der Waals surface area contributed by atoms with Crippen LogP contribution in [0.3, 0.4) is 0 Å². The minimum atomic E-state index is -0.884. The molecule has 0 saturated carbocycles.